The molecular weight excluding hydrogens is 270 g/mol. The molecule has 1 aromatic rings. The van der Waals surface area contributed by atoms with Gasteiger partial charge in [0.25, 0.3) is 0 Å². The number of thiazole rings is 1. The van der Waals surface area contributed by atoms with E-state index in [2.05, 4.69) is 23.7 Å². The molecule has 0 spiro atoms. The van der Waals surface area contributed by atoms with Crippen LogP contribution in [0.15, 0.2) is 11.7 Å². The van der Waals surface area contributed by atoms with Crippen molar-refractivity contribution in [3.63, 3.8) is 0 Å². The van der Waals surface area contributed by atoms with Crippen LogP contribution < -0.4 is 0 Å². The fourth-order valence-corrected chi connectivity index (χ4v) is 3.46. The lowest BCUT2D eigenvalue weighted by Gasteiger charge is -2.32. The van der Waals surface area contributed by atoms with E-state index in [-0.39, 0.29) is 11.9 Å². The average molecular weight is 295 g/mol. The number of aromatic nitrogens is 1. The van der Waals surface area contributed by atoms with E-state index in [0.29, 0.717) is 12.3 Å². The number of carbonyl (C=O) groups is 1. The van der Waals surface area contributed by atoms with Crippen LogP contribution >= 0.6 is 11.3 Å². The maximum Gasteiger partial charge on any atom is 0.223 e. The number of nitrogens with zero attached hydrogens (tertiary/aromatic N) is 3. The standard InChI is InChI=1S/C15H25N3OS/c1-4-18-7-5-13(6-8-18)9-15(19)17(3)12(2)14-10-16-11-20-14/h10-13H,4-9H2,1-3H3/t12-/m1/s1. The Labute approximate surface area is 125 Å². The number of hydrogen-bond donors (Lipinski definition) is 0. The van der Waals surface area contributed by atoms with E-state index in [4.69, 9.17) is 0 Å². The van der Waals surface area contributed by atoms with Crippen molar-refractivity contribution < 1.29 is 4.79 Å². The van der Waals surface area contributed by atoms with Crippen molar-refractivity contribution in [3.05, 3.63) is 16.6 Å². The molecule has 0 aliphatic carbocycles. The van der Waals surface area contributed by atoms with Crippen LogP contribution in [0, 0.1) is 5.92 Å². The van der Waals surface area contributed by atoms with Gasteiger partial charge in [0.2, 0.25) is 5.91 Å². The second-order valence-electron chi connectivity index (χ2n) is 5.67. The predicted molar refractivity (Wildman–Crippen MR) is 82.8 cm³/mol. The van der Waals surface area contributed by atoms with Crippen molar-refractivity contribution in [3.8, 4) is 0 Å². The lowest BCUT2D eigenvalue weighted by Crippen LogP contribution is -2.36. The molecule has 1 aliphatic heterocycles. The lowest BCUT2D eigenvalue weighted by molar-refractivity contribution is -0.133. The third-order valence-corrected chi connectivity index (χ3v) is 5.40. The van der Waals surface area contributed by atoms with E-state index < -0.39 is 0 Å². The molecule has 0 unspecified atom stereocenters. The van der Waals surface area contributed by atoms with E-state index in [0.717, 1.165) is 37.4 Å². The van der Waals surface area contributed by atoms with Gasteiger partial charge in [0, 0.05) is 24.5 Å². The van der Waals surface area contributed by atoms with E-state index in [1.165, 1.54) is 0 Å². The van der Waals surface area contributed by atoms with Crippen molar-refractivity contribution in [1.82, 2.24) is 14.8 Å². The van der Waals surface area contributed by atoms with Crippen LogP contribution in [0.25, 0.3) is 0 Å². The average Bonchev–Trinajstić information content (AvgIpc) is 3.00. The van der Waals surface area contributed by atoms with Gasteiger partial charge in [-0.15, -0.1) is 11.3 Å². The van der Waals surface area contributed by atoms with Crippen LogP contribution in [0.3, 0.4) is 0 Å². The lowest BCUT2D eigenvalue weighted by atomic mass is 9.93. The maximum absolute atomic E-state index is 12.4. The zero-order valence-electron chi connectivity index (χ0n) is 12.7. The second kappa shape index (κ2) is 7.18. The molecular formula is C15H25N3OS. The van der Waals surface area contributed by atoms with E-state index >= 15 is 0 Å². The zero-order valence-corrected chi connectivity index (χ0v) is 13.5. The topological polar surface area (TPSA) is 36.4 Å². The van der Waals surface area contributed by atoms with Crippen LogP contribution in [0.4, 0.5) is 0 Å². The summed E-state index contributed by atoms with van der Waals surface area (Å²) in [6.07, 6.45) is 4.86. The summed E-state index contributed by atoms with van der Waals surface area (Å²) in [7, 11) is 1.91. The van der Waals surface area contributed by atoms with Gasteiger partial charge in [-0.3, -0.25) is 9.78 Å². The largest absolute Gasteiger partial charge is 0.338 e. The van der Waals surface area contributed by atoms with Crippen LogP contribution in [0.1, 0.15) is 44.0 Å². The first-order valence-electron chi connectivity index (χ1n) is 7.48. The molecule has 1 aliphatic rings. The van der Waals surface area contributed by atoms with Crippen LogP contribution in [0.2, 0.25) is 0 Å². The highest BCUT2D eigenvalue weighted by Gasteiger charge is 2.24. The molecule has 2 rings (SSSR count). The molecule has 2 heterocycles. The molecule has 1 amide bonds. The summed E-state index contributed by atoms with van der Waals surface area (Å²) in [5.74, 6) is 0.822. The summed E-state index contributed by atoms with van der Waals surface area (Å²) >= 11 is 1.61. The number of carbonyl (C=O) groups excluding carboxylic acids is 1. The molecule has 0 bridgehead atoms. The van der Waals surface area contributed by atoms with Gasteiger partial charge in [-0.25, -0.2) is 0 Å². The minimum atomic E-state index is 0.130. The fraction of sp³-hybridized carbons (Fsp3) is 0.733. The first kappa shape index (κ1) is 15.4. The normalized spacial score (nSPS) is 18.9. The van der Waals surface area contributed by atoms with Gasteiger partial charge in [-0.1, -0.05) is 6.92 Å². The predicted octanol–water partition coefficient (Wildman–Crippen LogP) is 2.78. The number of likely N-dealkylation sites (tertiary alicyclic amines) is 1. The first-order chi connectivity index (χ1) is 9.61. The highest BCUT2D eigenvalue weighted by atomic mass is 32.1. The summed E-state index contributed by atoms with van der Waals surface area (Å²) in [6.45, 7) is 7.69. The molecule has 1 fully saturated rings. The van der Waals surface area contributed by atoms with E-state index in [1.807, 2.05) is 23.7 Å². The van der Waals surface area contributed by atoms with E-state index in [1.54, 1.807) is 11.3 Å². The SMILES string of the molecule is CCN1CCC(CC(=O)N(C)[C@H](C)c2cncs2)CC1. The quantitative estimate of drug-likeness (QED) is 0.838. The summed E-state index contributed by atoms with van der Waals surface area (Å²) in [5, 5.41) is 0. The molecule has 0 N–H and O–H groups in total. The fourth-order valence-electron chi connectivity index (χ4n) is 2.74. The molecule has 0 saturated carbocycles. The summed E-state index contributed by atoms with van der Waals surface area (Å²) in [6, 6.07) is 0.130. The number of piperidine rings is 1. The Balaban J connectivity index is 1.82. The molecule has 1 saturated heterocycles. The molecule has 20 heavy (non-hydrogen) atoms. The summed E-state index contributed by atoms with van der Waals surface area (Å²) in [4.78, 5) is 22.0. The summed E-state index contributed by atoms with van der Waals surface area (Å²) in [5.41, 5.74) is 1.82. The number of amides is 1. The molecule has 112 valence electrons. The van der Waals surface area contributed by atoms with Gasteiger partial charge in [-0.2, -0.15) is 0 Å². The Kier molecular flexibility index (Phi) is 5.54. The van der Waals surface area contributed by atoms with Crippen molar-refractivity contribution in [2.24, 2.45) is 5.92 Å². The Morgan fingerprint density at radius 3 is 2.80 bits per heavy atom. The third-order valence-electron chi connectivity index (χ3n) is 4.46. The highest BCUT2D eigenvalue weighted by molar-refractivity contribution is 7.09. The number of rotatable bonds is 5. The van der Waals surface area contributed by atoms with Gasteiger partial charge in [0.1, 0.15) is 0 Å². The maximum atomic E-state index is 12.4. The molecule has 1 aromatic heterocycles. The minimum absolute atomic E-state index is 0.130. The number of hydrogen-bond acceptors (Lipinski definition) is 4. The molecule has 1 atom stereocenters. The Morgan fingerprint density at radius 1 is 1.55 bits per heavy atom. The van der Waals surface area contributed by atoms with Crippen LogP contribution in [-0.4, -0.2) is 47.4 Å². The molecule has 0 aromatic carbocycles. The van der Waals surface area contributed by atoms with Crippen molar-refractivity contribution in [2.75, 3.05) is 26.7 Å². The molecule has 0 radical (unpaired) electrons. The van der Waals surface area contributed by atoms with Gasteiger partial charge < -0.3 is 9.80 Å². The van der Waals surface area contributed by atoms with Crippen molar-refractivity contribution in [1.29, 1.82) is 0 Å². The van der Waals surface area contributed by atoms with Crippen LogP contribution in [-0.2, 0) is 4.79 Å². The Bertz CT molecular complexity index is 413. The molecule has 5 heteroatoms. The summed E-state index contributed by atoms with van der Waals surface area (Å²) < 4.78 is 0. The van der Waals surface area contributed by atoms with Gasteiger partial charge >= 0.3 is 0 Å². The van der Waals surface area contributed by atoms with Gasteiger partial charge in [0.05, 0.1) is 11.6 Å². The Morgan fingerprint density at radius 2 is 2.25 bits per heavy atom. The zero-order chi connectivity index (χ0) is 14.5. The van der Waals surface area contributed by atoms with Gasteiger partial charge in [-0.05, 0) is 45.3 Å². The Hall–Kier alpha value is -0.940. The first-order valence-corrected chi connectivity index (χ1v) is 8.36. The second-order valence-corrected chi connectivity index (χ2v) is 6.58. The highest BCUT2D eigenvalue weighted by Crippen LogP contribution is 2.26. The van der Waals surface area contributed by atoms with Crippen molar-refractivity contribution >= 4 is 17.2 Å². The monoisotopic (exact) mass is 295 g/mol. The smallest absolute Gasteiger partial charge is 0.223 e. The van der Waals surface area contributed by atoms with Crippen molar-refractivity contribution in [2.45, 2.75) is 39.2 Å². The van der Waals surface area contributed by atoms with Gasteiger partial charge in [0.15, 0.2) is 0 Å². The molecule has 4 nitrogen and oxygen atoms in total. The minimum Gasteiger partial charge on any atom is -0.338 e. The van der Waals surface area contributed by atoms with E-state index in [9.17, 15) is 4.79 Å². The third kappa shape index (κ3) is 3.79. The van der Waals surface area contributed by atoms with Crippen LogP contribution in [0.5, 0.6) is 0 Å².